The number of hydrogen-bond donors (Lipinski definition) is 0. The molecule has 27 heavy (non-hydrogen) atoms. The molecule has 0 saturated heterocycles. The van der Waals surface area contributed by atoms with Crippen molar-refractivity contribution in [3.8, 4) is 6.07 Å². The van der Waals surface area contributed by atoms with Gasteiger partial charge in [0.1, 0.15) is 11.6 Å². The Labute approximate surface area is 157 Å². The number of halogens is 5. The van der Waals surface area contributed by atoms with Gasteiger partial charge in [-0.2, -0.15) is 5.26 Å². The van der Waals surface area contributed by atoms with Gasteiger partial charge in [0, 0.05) is 4.47 Å². The van der Waals surface area contributed by atoms with Crippen molar-refractivity contribution in [2.45, 2.75) is 0 Å². The van der Waals surface area contributed by atoms with Gasteiger partial charge in [-0.3, -0.25) is 4.99 Å². The maximum atomic E-state index is 14.3. The van der Waals surface area contributed by atoms with Crippen molar-refractivity contribution in [2.75, 3.05) is 0 Å². The molecule has 0 fully saturated rings. The van der Waals surface area contributed by atoms with Crippen LogP contribution in [-0.4, -0.2) is 0 Å². The minimum absolute atomic E-state index is 0.0472. The van der Waals surface area contributed by atoms with Crippen molar-refractivity contribution in [1.29, 1.82) is 5.26 Å². The van der Waals surface area contributed by atoms with Crippen LogP contribution in [0.2, 0.25) is 0 Å². The number of hydrogen-bond acceptors (Lipinski definition) is 3. The van der Waals surface area contributed by atoms with Crippen LogP contribution in [-0.2, 0) is 0 Å². The van der Waals surface area contributed by atoms with Crippen LogP contribution in [0, 0.1) is 47.7 Å². The topological polar surface area (TPSA) is 57.2 Å². The highest BCUT2D eigenvalue weighted by molar-refractivity contribution is 9.10. The third kappa shape index (κ3) is 2.66. The van der Waals surface area contributed by atoms with Gasteiger partial charge < -0.3 is 0 Å². The summed E-state index contributed by atoms with van der Waals surface area (Å²) in [5.41, 5.74) is -3.60. The summed E-state index contributed by atoms with van der Waals surface area (Å²) in [5.74, 6) is -8.17. The molecule has 0 N–H and O–H groups in total. The summed E-state index contributed by atoms with van der Waals surface area (Å²) in [7, 11) is 0. The third-order valence-electron chi connectivity index (χ3n) is 3.57. The van der Waals surface area contributed by atoms with Crippen molar-refractivity contribution < 1.29 is 17.6 Å². The number of fused-ring (bicyclic) bond motifs is 1. The monoisotopic (exact) mass is 431 g/mol. The first kappa shape index (κ1) is 18.2. The normalized spacial score (nSPS) is 13.6. The Bertz CT molecular complexity index is 1280. The lowest BCUT2D eigenvalue weighted by Crippen LogP contribution is -2.21. The highest BCUT2D eigenvalue weighted by atomic mass is 79.9. The van der Waals surface area contributed by atoms with Crippen LogP contribution in [0.25, 0.3) is 15.4 Å². The Balaban J connectivity index is 2.42. The van der Waals surface area contributed by atoms with Gasteiger partial charge in [0.15, 0.2) is 29.1 Å². The molecule has 5 nitrogen and oxygen atoms in total. The minimum Gasteiger partial charge on any atom is -0.250 e. The van der Waals surface area contributed by atoms with Crippen LogP contribution in [0.3, 0.4) is 0 Å². The van der Waals surface area contributed by atoms with E-state index in [2.05, 4.69) is 35.6 Å². The van der Waals surface area contributed by atoms with E-state index in [1.54, 1.807) is 0 Å². The fraction of sp³-hybridized carbons (Fsp3) is 0. The van der Waals surface area contributed by atoms with E-state index in [4.69, 9.17) is 18.4 Å². The van der Waals surface area contributed by atoms with E-state index in [-0.39, 0.29) is 16.4 Å². The highest BCUT2D eigenvalue weighted by Crippen LogP contribution is 2.32. The Hall–Kier alpha value is -3.55. The quantitative estimate of drug-likeness (QED) is 0.383. The summed E-state index contributed by atoms with van der Waals surface area (Å²) in [6.45, 7) is 14.3. The van der Waals surface area contributed by atoms with Crippen molar-refractivity contribution in [3.05, 3.63) is 90.4 Å². The van der Waals surface area contributed by atoms with Gasteiger partial charge in [-0.15, -0.1) is 0 Å². The number of nitriles is 1. The summed E-state index contributed by atoms with van der Waals surface area (Å²) in [5, 5.41) is 8.84. The molecule has 0 unspecified atom stereocenters. The average Bonchev–Trinajstić information content (AvgIpc) is 3.08. The first-order valence-electron chi connectivity index (χ1n) is 6.87. The lowest BCUT2D eigenvalue weighted by Gasteiger charge is -2.08. The molecule has 0 saturated carbocycles. The van der Waals surface area contributed by atoms with Crippen molar-refractivity contribution in [2.24, 2.45) is 9.98 Å². The summed E-state index contributed by atoms with van der Waals surface area (Å²) < 4.78 is 56.7. The largest absolute Gasteiger partial charge is 0.250 e. The third-order valence-corrected chi connectivity index (χ3v) is 4.21. The molecule has 0 aromatic heterocycles. The predicted octanol–water partition coefficient (Wildman–Crippen LogP) is 3.93. The lowest BCUT2D eigenvalue weighted by atomic mass is 10.1. The maximum Gasteiger partial charge on any atom is 0.243 e. The van der Waals surface area contributed by atoms with Crippen LogP contribution in [0.5, 0.6) is 0 Å². The fourth-order valence-electron chi connectivity index (χ4n) is 2.36. The first-order chi connectivity index (χ1) is 12.8. The van der Waals surface area contributed by atoms with E-state index in [1.807, 2.05) is 0 Å². The molecule has 1 aliphatic heterocycles. The Morgan fingerprint density at radius 2 is 1.67 bits per heavy atom. The second kappa shape index (κ2) is 6.64. The molecular formula is C17H2BrF4N5. The van der Waals surface area contributed by atoms with Gasteiger partial charge >= 0.3 is 0 Å². The van der Waals surface area contributed by atoms with E-state index in [1.165, 1.54) is 12.1 Å². The van der Waals surface area contributed by atoms with Crippen LogP contribution in [0.4, 0.5) is 23.2 Å². The van der Waals surface area contributed by atoms with Crippen LogP contribution in [0.1, 0.15) is 11.1 Å². The Morgan fingerprint density at radius 3 is 2.19 bits per heavy atom. The number of nitrogens with zero attached hydrogens (tertiary/aromatic N) is 5. The van der Waals surface area contributed by atoms with E-state index in [0.717, 1.165) is 6.07 Å². The van der Waals surface area contributed by atoms with Crippen LogP contribution >= 0.6 is 15.9 Å². The molecule has 0 bridgehead atoms. The molecule has 2 aromatic rings. The van der Waals surface area contributed by atoms with Crippen molar-refractivity contribution in [3.63, 3.8) is 0 Å². The predicted molar refractivity (Wildman–Crippen MR) is 87.2 cm³/mol. The van der Waals surface area contributed by atoms with Gasteiger partial charge in [-0.25, -0.2) is 32.2 Å². The fourth-order valence-corrected chi connectivity index (χ4v) is 2.77. The van der Waals surface area contributed by atoms with Crippen LogP contribution in [0.15, 0.2) is 32.4 Å². The van der Waals surface area contributed by atoms with E-state index in [0.29, 0.717) is 4.47 Å². The van der Waals surface area contributed by atoms with E-state index < -0.39 is 45.9 Å². The molecule has 2 aromatic carbocycles. The molecule has 1 aliphatic rings. The Morgan fingerprint density at radius 1 is 1.04 bits per heavy atom. The number of benzene rings is 2. The minimum atomic E-state index is -1.92. The molecule has 0 spiro atoms. The van der Waals surface area contributed by atoms with Crippen LogP contribution < -0.4 is 10.7 Å². The SMILES string of the molecule is [C-]#[N+]/C(=C1/N=c2ccc(Br)c([N+]#[C-])c2=N1)c1c(F)c(F)c(C#N)c(F)c1F. The first-order valence-corrected chi connectivity index (χ1v) is 7.66. The van der Waals surface area contributed by atoms with E-state index in [9.17, 15) is 17.6 Å². The summed E-state index contributed by atoms with van der Waals surface area (Å²) >= 11 is 3.15. The molecule has 0 aliphatic carbocycles. The van der Waals surface area contributed by atoms with Gasteiger partial charge in [-0.05, 0) is 6.07 Å². The maximum absolute atomic E-state index is 14.3. The average molecular weight is 432 g/mol. The lowest BCUT2D eigenvalue weighted by molar-refractivity contribution is 0.446. The van der Waals surface area contributed by atoms with Gasteiger partial charge in [0.2, 0.25) is 11.4 Å². The zero-order valence-electron chi connectivity index (χ0n) is 12.8. The summed E-state index contributed by atoms with van der Waals surface area (Å²) in [6.07, 6.45) is 0. The molecule has 3 rings (SSSR count). The van der Waals surface area contributed by atoms with Crippen molar-refractivity contribution in [1.82, 2.24) is 0 Å². The smallest absolute Gasteiger partial charge is 0.243 e. The van der Waals surface area contributed by atoms with E-state index >= 15 is 0 Å². The highest BCUT2D eigenvalue weighted by Gasteiger charge is 2.30. The molecule has 1 heterocycles. The number of rotatable bonds is 1. The summed E-state index contributed by atoms with van der Waals surface area (Å²) in [6, 6.07) is 3.96. The van der Waals surface area contributed by atoms with Gasteiger partial charge in [-0.1, -0.05) is 22.0 Å². The molecular weight excluding hydrogens is 430 g/mol. The molecule has 0 radical (unpaired) electrons. The van der Waals surface area contributed by atoms with Crippen molar-refractivity contribution >= 4 is 27.3 Å². The molecule has 130 valence electrons. The standard InChI is InChI=1S/C17H2BrF4N5/c1-24-14-7(18)3-4-8-15(14)27-17(26-8)16(25-2)9-12(21)10(19)6(5-23)11(20)13(9)22/h3-4H/b17-16-. The van der Waals surface area contributed by atoms with Gasteiger partial charge in [0.25, 0.3) is 0 Å². The molecule has 0 amide bonds. The summed E-state index contributed by atoms with van der Waals surface area (Å²) in [4.78, 5) is 14.0. The molecule has 10 heteroatoms. The molecule has 0 atom stereocenters. The zero-order valence-corrected chi connectivity index (χ0v) is 14.4. The zero-order chi connectivity index (χ0) is 19.9. The van der Waals surface area contributed by atoms with Gasteiger partial charge in [0.05, 0.1) is 29.4 Å². The second-order valence-corrected chi connectivity index (χ2v) is 5.86. The second-order valence-electron chi connectivity index (χ2n) is 5.00. The Kier molecular flexibility index (Phi) is 4.49.